The average molecular weight is 303 g/mol. The first-order valence-electron chi connectivity index (χ1n) is 8.96. The van der Waals surface area contributed by atoms with E-state index in [9.17, 15) is 10.2 Å². The molecule has 0 aromatic heterocycles. The molecular formula is C19H29NO2. The van der Waals surface area contributed by atoms with Gasteiger partial charge in [0.25, 0.3) is 0 Å². The Labute approximate surface area is 134 Å². The molecule has 2 atom stereocenters. The van der Waals surface area contributed by atoms with Crippen molar-refractivity contribution in [1.29, 1.82) is 0 Å². The Hall–Kier alpha value is -1.22. The smallest absolute Gasteiger partial charge is 0.160 e. The Morgan fingerprint density at radius 3 is 2.59 bits per heavy atom. The topological polar surface area (TPSA) is 43.7 Å². The molecule has 0 bridgehead atoms. The number of rotatable bonds is 5. The lowest BCUT2D eigenvalue weighted by molar-refractivity contribution is 0.166. The van der Waals surface area contributed by atoms with Gasteiger partial charge in [-0.25, -0.2) is 0 Å². The third-order valence-electron chi connectivity index (χ3n) is 5.45. The van der Waals surface area contributed by atoms with E-state index >= 15 is 0 Å². The SMILES string of the molecule is CCCN(CCC)C1Cc2cc(O)c(O)c3c2C(CCC3)C1. The second-order valence-electron chi connectivity index (χ2n) is 7.01. The second-order valence-corrected chi connectivity index (χ2v) is 7.01. The Kier molecular flexibility index (Phi) is 4.62. The van der Waals surface area contributed by atoms with Crippen LogP contribution in [0.1, 0.15) is 68.6 Å². The van der Waals surface area contributed by atoms with Gasteiger partial charge in [0.1, 0.15) is 0 Å². The molecule has 0 radical (unpaired) electrons. The summed E-state index contributed by atoms with van der Waals surface area (Å²) in [6.07, 6.45) is 7.89. The first-order valence-corrected chi connectivity index (χ1v) is 8.96. The minimum Gasteiger partial charge on any atom is -0.504 e. The van der Waals surface area contributed by atoms with Crippen molar-refractivity contribution >= 4 is 0 Å². The van der Waals surface area contributed by atoms with Gasteiger partial charge in [0.05, 0.1) is 0 Å². The summed E-state index contributed by atoms with van der Waals surface area (Å²) in [7, 11) is 0. The molecule has 122 valence electrons. The van der Waals surface area contributed by atoms with Crippen LogP contribution in [0.3, 0.4) is 0 Å². The number of phenolic OH excluding ortho intramolecular Hbond substituents is 2. The number of aromatic hydroxyl groups is 2. The minimum absolute atomic E-state index is 0.0765. The highest BCUT2D eigenvalue weighted by molar-refractivity contribution is 5.56. The summed E-state index contributed by atoms with van der Waals surface area (Å²) >= 11 is 0. The van der Waals surface area contributed by atoms with Crippen LogP contribution < -0.4 is 0 Å². The molecule has 22 heavy (non-hydrogen) atoms. The lowest BCUT2D eigenvalue weighted by Gasteiger charge is -2.41. The second kappa shape index (κ2) is 6.49. The summed E-state index contributed by atoms with van der Waals surface area (Å²) in [4.78, 5) is 2.64. The largest absolute Gasteiger partial charge is 0.504 e. The molecule has 0 amide bonds. The quantitative estimate of drug-likeness (QED) is 0.809. The van der Waals surface area contributed by atoms with Gasteiger partial charge in [-0.3, -0.25) is 0 Å². The van der Waals surface area contributed by atoms with Gasteiger partial charge >= 0.3 is 0 Å². The number of benzene rings is 1. The summed E-state index contributed by atoms with van der Waals surface area (Å²) < 4.78 is 0. The predicted molar refractivity (Wildman–Crippen MR) is 89.7 cm³/mol. The van der Waals surface area contributed by atoms with Gasteiger partial charge in [-0.2, -0.15) is 0 Å². The van der Waals surface area contributed by atoms with Crippen molar-refractivity contribution in [2.45, 2.75) is 70.8 Å². The number of phenols is 2. The van der Waals surface area contributed by atoms with Gasteiger partial charge in [-0.05, 0) is 81.1 Å². The van der Waals surface area contributed by atoms with Gasteiger partial charge in [0.15, 0.2) is 11.5 Å². The van der Waals surface area contributed by atoms with E-state index in [0.717, 1.165) is 37.9 Å². The Morgan fingerprint density at radius 2 is 1.91 bits per heavy atom. The molecule has 2 N–H and O–H groups in total. The zero-order chi connectivity index (χ0) is 15.7. The first kappa shape index (κ1) is 15.7. The van der Waals surface area contributed by atoms with Gasteiger partial charge < -0.3 is 15.1 Å². The van der Waals surface area contributed by atoms with E-state index < -0.39 is 0 Å². The van der Waals surface area contributed by atoms with Crippen LogP contribution in [0.25, 0.3) is 0 Å². The van der Waals surface area contributed by atoms with E-state index in [1.807, 2.05) is 6.07 Å². The summed E-state index contributed by atoms with van der Waals surface area (Å²) in [6, 6.07) is 2.42. The Balaban J connectivity index is 1.94. The normalized spacial score (nSPS) is 23.6. The van der Waals surface area contributed by atoms with Crippen molar-refractivity contribution in [2.24, 2.45) is 0 Å². The molecule has 0 saturated heterocycles. The van der Waals surface area contributed by atoms with Crippen molar-refractivity contribution < 1.29 is 10.2 Å². The maximum atomic E-state index is 10.2. The van der Waals surface area contributed by atoms with Crippen LogP contribution in [-0.2, 0) is 12.8 Å². The third kappa shape index (κ3) is 2.71. The van der Waals surface area contributed by atoms with Gasteiger partial charge in [0, 0.05) is 11.6 Å². The molecule has 1 aromatic carbocycles. The molecule has 1 aromatic rings. The van der Waals surface area contributed by atoms with Crippen molar-refractivity contribution in [3.8, 4) is 11.5 Å². The predicted octanol–water partition coefficient (Wildman–Crippen LogP) is 3.95. The van der Waals surface area contributed by atoms with E-state index in [2.05, 4.69) is 18.7 Å². The van der Waals surface area contributed by atoms with Gasteiger partial charge in [0.2, 0.25) is 0 Å². The number of hydrogen-bond acceptors (Lipinski definition) is 3. The fourth-order valence-electron chi connectivity index (χ4n) is 4.62. The molecule has 0 spiro atoms. The van der Waals surface area contributed by atoms with E-state index in [1.54, 1.807) is 0 Å². The van der Waals surface area contributed by atoms with Crippen molar-refractivity contribution in [3.05, 3.63) is 22.8 Å². The van der Waals surface area contributed by atoms with Gasteiger partial charge in [-0.1, -0.05) is 13.8 Å². The molecule has 0 saturated carbocycles. The fourth-order valence-corrected chi connectivity index (χ4v) is 4.62. The lowest BCUT2D eigenvalue weighted by Crippen LogP contribution is -2.42. The third-order valence-corrected chi connectivity index (χ3v) is 5.45. The van der Waals surface area contributed by atoms with Crippen molar-refractivity contribution in [2.75, 3.05) is 13.1 Å². The van der Waals surface area contributed by atoms with Crippen LogP contribution >= 0.6 is 0 Å². The molecular weight excluding hydrogens is 274 g/mol. The van der Waals surface area contributed by atoms with Crippen LogP contribution in [0.5, 0.6) is 11.5 Å². The van der Waals surface area contributed by atoms with E-state index in [1.165, 1.54) is 36.8 Å². The molecule has 3 nitrogen and oxygen atoms in total. The average Bonchev–Trinajstić information content (AvgIpc) is 2.52. The number of hydrogen-bond donors (Lipinski definition) is 2. The van der Waals surface area contributed by atoms with Crippen molar-refractivity contribution in [3.63, 3.8) is 0 Å². The summed E-state index contributed by atoms with van der Waals surface area (Å²) in [5, 5.41) is 20.3. The van der Waals surface area contributed by atoms with Gasteiger partial charge in [-0.15, -0.1) is 0 Å². The first-order chi connectivity index (χ1) is 10.7. The molecule has 0 fully saturated rings. The molecule has 3 rings (SSSR count). The molecule has 2 unspecified atom stereocenters. The van der Waals surface area contributed by atoms with E-state index in [4.69, 9.17) is 0 Å². The summed E-state index contributed by atoms with van der Waals surface area (Å²) in [6.45, 7) is 6.83. The van der Waals surface area contributed by atoms with Crippen LogP contribution in [0, 0.1) is 0 Å². The Bertz CT molecular complexity index is 535. The highest BCUT2D eigenvalue weighted by Gasteiger charge is 2.35. The van der Waals surface area contributed by atoms with Crippen LogP contribution in [0.2, 0.25) is 0 Å². The summed E-state index contributed by atoms with van der Waals surface area (Å²) in [5.74, 6) is 0.786. The fraction of sp³-hybridized carbons (Fsp3) is 0.684. The zero-order valence-electron chi connectivity index (χ0n) is 13.9. The Morgan fingerprint density at radius 1 is 1.18 bits per heavy atom. The van der Waals surface area contributed by atoms with Crippen LogP contribution in [0.15, 0.2) is 6.07 Å². The van der Waals surface area contributed by atoms with E-state index in [0.29, 0.717) is 12.0 Å². The molecule has 3 heteroatoms. The standard InChI is InChI=1S/C19H29NO2/c1-3-8-20(9-4-2)15-10-13-6-5-7-16-18(13)14(11-15)12-17(21)19(16)22/h12-13,15,21-22H,3-11H2,1-2H3. The van der Waals surface area contributed by atoms with Crippen LogP contribution in [-0.4, -0.2) is 34.2 Å². The monoisotopic (exact) mass is 303 g/mol. The van der Waals surface area contributed by atoms with E-state index in [-0.39, 0.29) is 11.5 Å². The summed E-state index contributed by atoms with van der Waals surface area (Å²) in [5.41, 5.74) is 3.68. The van der Waals surface area contributed by atoms with Crippen molar-refractivity contribution in [1.82, 2.24) is 4.90 Å². The molecule has 2 aliphatic carbocycles. The molecule has 0 heterocycles. The lowest BCUT2D eigenvalue weighted by atomic mass is 9.71. The molecule has 0 aliphatic heterocycles. The highest BCUT2D eigenvalue weighted by atomic mass is 16.3. The number of nitrogens with zero attached hydrogens (tertiary/aromatic N) is 1. The maximum absolute atomic E-state index is 10.2. The minimum atomic E-state index is 0.0765. The molecule has 2 aliphatic rings. The zero-order valence-corrected chi connectivity index (χ0v) is 13.9. The highest BCUT2D eigenvalue weighted by Crippen LogP contribution is 2.48. The maximum Gasteiger partial charge on any atom is 0.160 e. The van der Waals surface area contributed by atoms with Crippen LogP contribution in [0.4, 0.5) is 0 Å².